The Balaban J connectivity index is 1.79. The maximum Gasteiger partial charge on any atom is 0.336 e. The van der Waals surface area contributed by atoms with Crippen LogP contribution >= 0.6 is 0 Å². The average molecular weight is 464 g/mol. The van der Waals surface area contributed by atoms with Gasteiger partial charge in [0.2, 0.25) is 0 Å². The van der Waals surface area contributed by atoms with Crippen molar-refractivity contribution in [2.75, 3.05) is 18.8 Å². The summed E-state index contributed by atoms with van der Waals surface area (Å²) in [5.74, 6) is -0.118. The summed E-state index contributed by atoms with van der Waals surface area (Å²) in [5.41, 5.74) is 4.21. The zero-order valence-corrected chi connectivity index (χ0v) is 19.5. The van der Waals surface area contributed by atoms with Crippen LogP contribution in [0, 0.1) is 0 Å². The highest BCUT2D eigenvalue weighted by Crippen LogP contribution is 2.35. The van der Waals surface area contributed by atoms with Crippen LogP contribution in [-0.4, -0.2) is 31.8 Å². The summed E-state index contributed by atoms with van der Waals surface area (Å²) in [6, 6.07) is 18.4. The summed E-state index contributed by atoms with van der Waals surface area (Å²) in [4.78, 5) is 16.5. The summed E-state index contributed by atoms with van der Waals surface area (Å²) in [6.45, 7) is 2.03. The first-order valence-electron chi connectivity index (χ1n) is 10.6. The molecule has 33 heavy (non-hydrogen) atoms. The molecule has 0 radical (unpaired) electrons. The van der Waals surface area contributed by atoms with Gasteiger partial charge in [-0.05, 0) is 59.0 Å². The lowest BCUT2D eigenvalue weighted by Gasteiger charge is -2.19. The highest BCUT2D eigenvalue weighted by atomic mass is 32.2. The fourth-order valence-corrected chi connectivity index (χ4v) is 4.50. The van der Waals surface area contributed by atoms with Crippen molar-refractivity contribution in [3.63, 3.8) is 0 Å². The number of nitrogens with zero attached hydrogens (tertiary/aromatic N) is 2. The van der Waals surface area contributed by atoms with Crippen LogP contribution in [0.15, 0.2) is 82.3 Å². The first-order chi connectivity index (χ1) is 15.8. The van der Waals surface area contributed by atoms with Crippen molar-refractivity contribution >= 4 is 26.9 Å². The van der Waals surface area contributed by atoms with Crippen molar-refractivity contribution in [1.82, 2.24) is 9.29 Å². The molecular formula is C25H25N3O4S. The van der Waals surface area contributed by atoms with E-state index in [9.17, 15) is 13.2 Å². The van der Waals surface area contributed by atoms with Crippen LogP contribution in [0.5, 0.6) is 0 Å². The Morgan fingerprint density at radius 1 is 1.00 bits per heavy atom. The minimum atomic E-state index is -3.62. The van der Waals surface area contributed by atoms with Gasteiger partial charge in [0, 0.05) is 43.9 Å². The van der Waals surface area contributed by atoms with Gasteiger partial charge < -0.3 is 4.42 Å². The van der Waals surface area contributed by atoms with Crippen molar-refractivity contribution in [3.8, 4) is 11.1 Å². The van der Waals surface area contributed by atoms with Gasteiger partial charge in [0.15, 0.2) is 0 Å². The number of nitrogens with one attached hydrogen (secondary N) is 1. The molecule has 0 aliphatic rings. The van der Waals surface area contributed by atoms with E-state index in [1.165, 1.54) is 20.2 Å². The molecule has 4 aromatic rings. The van der Waals surface area contributed by atoms with Gasteiger partial charge in [0.25, 0.3) is 0 Å². The molecule has 170 valence electrons. The van der Waals surface area contributed by atoms with Crippen LogP contribution < -0.4 is 10.3 Å². The first-order valence-corrected chi connectivity index (χ1v) is 12.0. The highest BCUT2D eigenvalue weighted by molar-refractivity contribution is 7.90. The van der Waals surface area contributed by atoms with Gasteiger partial charge in [-0.15, -0.1) is 0 Å². The molecule has 0 fully saturated rings. The Morgan fingerprint density at radius 3 is 2.45 bits per heavy atom. The number of hydrogen-bond acceptors (Lipinski definition) is 5. The third-order valence-corrected chi connectivity index (χ3v) is 7.05. The van der Waals surface area contributed by atoms with E-state index in [0.29, 0.717) is 17.7 Å². The lowest BCUT2D eigenvalue weighted by atomic mass is 9.87. The number of anilines is 1. The number of hydrogen-bond donors (Lipinski definition) is 1. The molecule has 1 N–H and O–H groups in total. The van der Waals surface area contributed by atoms with Crippen molar-refractivity contribution in [1.29, 1.82) is 0 Å². The van der Waals surface area contributed by atoms with E-state index in [-0.39, 0.29) is 5.92 Å². The summed E-state index contributed by atoms with van der Waals surface area (Å²) in [6.07, 6.45) is 4.15. The largest absolute Gasteiger partial charge is 0.423 e. The summed E-state index contributed by atoms with van der Waals surface area (Å²) >= 11 is 0. The zero-order valence-electron chi connectivity index (χ0n) is 18.6. The molecule has 0 amide bonds. The molecule has 2 heterocycles. The average Bonchev–Trinajstić information content (AvgIpc) is 2.79. The van der Waals surface area contributed by atoms with Crippen LogP contribution in [0.2, 0.25) is 0 Å². The Bertz CT molecular complexity index is 1450. The molecule has 0 saturated heterocycles. The van der Waals surface area contributed by atoms with E-state index in [1.807, 2.05) is 43.3 Å². The monoisotopic (exact) mass is 463 g/mol. The van der Waals surface area contributed by atoms with E-state index >= 15 is 0 Å². The van der Waals surface area contributed by atoms with Gasteiger partial charge in [-0.2, -0.15) is 12.7 Å². The van der Waals surface area contributed by atoms with Crippen LogP contribution in [0.1, 0.15) is 30.4 Å². The second-order valence-electron chi connectivity index (χ2n) is 7.94. The molecule has 7 nitrogen and oxygen atoms in total. The summed E-state index contributed by atoms with van der Waals surface area (Å²) in [5, 5.41) is 0.846. The molecule has 0 aliphatic carbocycles. The molecule has 4 rings (SSSR count). The van der Waals surface area contributed by atoms with Crippen molar-refractivity contribution in [2.45, 2.75) is 19.3 Å². The third kappa shape index (κ3) is 4.81. The maximum atomic E-state index is 12.5. The first kappa shape index (κ1) is 22.7. The lowest BCUT2D eigenvalue weighted by molar-refractivity contribution is 0.527. The van der Waals surface area contributed by atoms with Crippen LogP contribution in [0.25, 0.3) is 22.1 Å². The predicted molar refractivity (Wildman–Crippen MR) is 131 cm³/mol. The molecular weight excluding hydrogens is 438 g/mol. The minimum absolute atomic E-state index is 0.118. The molecule has 0 spiro atoms. The quantitative estimate of drug-likeness (QED) is 0.404. The maximum absolute atomic E-state index is 12.5. The Morgan fingerprint density at radius 2 is 1.76 bits per heavy atom. The van der Waals surface area contributed by atoms with Gasteiger partial charge >= 0.3 is 15.8 Å². The molecule has 2 aromatic carbocycles. The van der Waals surface area contributed by atoms with Crippen molar-refractivity contribution in [2.24, 2.45) is 0 Å². The zero-order chi connectivity index (χ0) is 23.6. The van der Waals surface area contributed by atoms with Crippen molar-refractivity contribution < 1.29 is 12.8 Å². The molecule has 1 unspecified atom stereocenters. The number of aromatic nitrogens is 1. The van der Waals surface area contributed by atoms with Gasteiger partial charge in [0.1, 0.15) is 5.58 Å². The molecule has 2 aromatic heterocycles. The Labute approximate surface area is 192 Å². The topological polar surface area (TPSA) is 92.5 Å². The molecule has 0 saturated carbocycles. The van der Waals surface area contributed by atoms with Crippen molar-refractivity contribution in [3.05, 3.63) is 94.6 Å². The summed E-state index contributed by atoms with van der Waals surface area (Å²) in [7, 11) is -0.686. The predicted octanol–water partition coefficient (Wildman–Crippen LogP) is 4.62. The van der Waals surface area contributed by atoms with Crippen LogP contribution in [0.4, 0.5) is 5.69 Å². The Kier molecular flexibility index (Phi) is 6.31. The minimum Gasteiger partial charge on any atom is -0.423 e. The van der Waals surface area contributed by atoms with Gasteiger partial charge in [-0.25, -0.2) is 4.79 Å². The second kappa shape index (κ2) is 9.17. The SMILES string of the molecule is CCC(c1cccc(NS(=O)(=O)N(C)C)c1)c1cc(=O)oc2cc(-c3ccncc3)ccc12. The Hall–Kier alpha value is -3.49. The van der Waals surface area contributed by atoms with Crippen LogP contribution in [-0.2, 0) is 10.2 Å². The van der Waals surface area contributed by atoms with Gasteiger partial charge in [-0.1, -0.05) is 31.2 Å². The van der Waals surface area contributed by atoms with Crippen LogP contribution in [0.3, 0.4) is 0 Å². The molecule has 8 heteroatoms. The van der Waals surface area contributed by atoms with E-state index < -0.39 is 15.8 Å². The van der Waals surface area contributed by atoms with E-state index in [2.05, 4.69) is 9.71 Å². The normalized spacial score (nSPS) is 12.7. The standard InChI is InChI=1S/C25H25N3O4S/c1-4-21(19-6-5-7-20(14-19)27-33(30,31)28(2)3)23-16-25(29)32-24-15-18(8-9-22(23)24)17-10-12-26-13-11-17/h5-16,21,27H,4H2,1-3H3. The number of rotatable bonds is 7. The van der Waals surface area contributed by atoms with E-state index in [0.717, 1.165) is 31.9 Å². The second-order valence-corrected chi connectivity index (χ2v) is 9.83. The highest BCUT2D eigenvalue weighted by Gasteiger charge is 2.19. The van der Waals surface area contributed by atoms with E-state index in [1.54, 1.807) is 30.6 Å². The number of fused-ring (bicyclic) bond motifs is 1. The number of benzene rings is 2. The number of pyridine rings is 1. The summed E-state index contributed by atoms with van der Waals surface area (Å²) < 4.78 is 33.7. The molecule has 0 aliphatic heterocycles. The van der Waals surface area contributed by atoms with Gasteiger partial charge in [-0.3, -0.25) is 9.71 Å². The third-order valence-electron chi connectivity index (χ3n) is 5.59. The molecule has 0 bridgehead atoms. The molecule has 1 atom stereocenters. The fraction of sp³-hybridized carbons (Fsp3) is 0.200. The van der Waals surface area contributed by atoms with Gasteiger partial charge in [0.05, 0.1) is 5.69 Å². The fourth-order valence-electron chi connectivity index (χ4n) is 3.89. The van der Waals surface area contributed by atoms with E-state index in [4.69, 9.17) is 4.42 Å². The lowest BCUT2D eigenvalue weighted by Crippen LogP contribution is -2.28. The smallest absolute Gasteiger partial charge is 0.336 e.